The number of aromatic nitrogens is 4. The van der Waals surface area contributed by atoms with Crippen LogP contribution in [0.5, 0.6) is 0 Å². The first-order valence-corrected chi connectivity index (χ1v) is 20.7. The molecule has 9 aromatic carbocycles. The summed E-state index contributed by atoms with van der Waals surface area (Å²) in [6.45, 7) is 0. The summed E-state index contributed by atoms with van der Waals surface area (Å²) in [4.78, 5) is 10.9. The van der Waals surface area contributed by atoms with Crippen molar-refractivity contribution in [3.05, 3.63) is 206 Å². The number of hydrogen-bond acceptors (Lipinski definition) is 3. The highest BCUT2D eigenvalue weighted by molar-refractivity contribution is 6.26. The van der Waals surface area contributed by atoms with Crippen molar-refractivity contribution < 1.29 is 4.42 Å². The number of para-hydroxylation sites is 4. The normalized spacial score (nSPS) is 11.9. The van der Waals surface area contributed by atoms with Gasteiger partial charge in [-0.3, -0.25) is 4.57 Å². The molecule has 0 aliphatic heterocycles. The molecule has 0 saturated heterocycles. The molecule has 0 aliphatic carbocycles. The molecule has 0 aliphatic rings. The van der Waals surface area contributed by atoms with Crippen molar-refractivity contribution in [1.29, 1.82) is 0 Å². The van der Waals surface area contributed by atoms with Crippen LogP contribution in [0, 0.1) is 0 Å². The Morgan fingerprint density at radius 1 is 0.344 bits per heavy atom. The Hall–Kier alpha value is -8.28. The van der Waals surface area contributed by atoms with E-state index >= 15 is 0 Å². The summed E-state index contributed by atoms with van der Waals surface area (Å²) in [5.74, 6) is 0.617. The number of fused-ring (bicyclic) bond motifs is 11. The maximum atomic E-state index is 6.39. The van der Waals surface area contributed by atoms with Crippen LogP contribution < -0.4 is 0 Å². The molecule has 284 valence electrons. The molecule has 61 heavy (non-hydrogen) atoms. The van der Waals surface area contributed by atoms with Crippen LogP contribution in [0.2, 0.25) is 0 Å². The summed E-state index contributed by atoms with van der Waals surface area (Å²) < 4.78 is 11.1. The minimum atomic E-state index is 0.617. The maximum Gasteiger partial charge on any atom is 0.235 e. The molecule has 0 bridgehead atoms. The molecule has 0 fully saturated rings. The minimum Gasteiger partial charge on any atom is -0.456 e. The van der Waals surface area contributed by atoms with Gasteiger partial charge < -0.3 is 8.98 Å². The summed E-state index contributed by atoms with van der Waals surface area (Å²) in [7, 11) is 0. The molecule has 4 heterocycles. The molecule has 0 amide bonds. The van der Waals surface area contributed by atoms with Gasteiger partial charge in [-0.15, -0.1) is 0 Å². The molecule has 4 aromatic heterocycles. The van der Waals surface area contributed by atoms with Gasteiger partial charge in [-0.1, -0.05) is 146 Å². The molecule has 0 saturated carbocycles. The molecule has 5 nitrogen and oxygen atoms in total. The van der Waals surface area contributed by atoms with E-state index in [9.17, 15) is 0 Å². The fraction of sp³-hybridized carbons (Fsp3) is 0. The number of furan rings is 1. The van der Waals surface area contributed by atoms with Crippen LogP contribution in [0.1, 0.15) is 0 Å². The zero-order valence-electron chi connectivity index (χ0n) is 32.8. The lowest BCUT2D eigenvalue weighted by Crippen LogP contribution is -2.03. The van der Waals surface area contributed by atoms with Gasteiger partial charge in [0.2, 0.25) is 5.95 Å². The number of nitrogens with zero attached hydrogens (tertiary/aromatic N) is 4. The topological polar surface area (TPSA) is 48.8 Å². The van der Waals surface area contributed by atoms with E-state index < -0.39 is 0 Å². The Kier molecular flexibility index (Phi) is 7.24. The monoisotopic (exact) mass is 778 g/mol. The van der Waals surface area contributed by atoms with Gasteiger partial charge in [-0.05, 0) is 82.9 Å². The third-order valence-corrected chi connectivity index (χ3v) is 12.3. The van der Waals surface area contributed by atoms with Crippen LogP contribution in [-0.2, 0) is 0 Å². The third kappa shape index (κ3) is 5.14. The highest BCUT2D eigenvalue weighted by atomic mass is 16.3. The van der Waals surface area contributed by atoms with Gasteiger partial charge in [0.1, 0.15) is 11.2 Å². The molecule has 0 N–H and O–H groups in total. The van der Waals surface area contributed by atoms with E-state index in [0.717, 1.165) is 105 Å². The van der Waals surface area contributed by atoms with Crippen molar-refractivity contribution >= 4 is 76.5 Å². The molecule has 5 heteroatoms. The van der Waals surface area contributed by atoms with E-state index in [1.165, 1.54) is 11.1 Å². The zero-order chi connectivity index (χ0) is 40.0. The smallest absolute Gasteiger partial charge is 0.235 e. The number of rotatable bonds is 5. The van der Waals surface area contributed by atoms with Crippen molar-refractivity contribution in [2.75, 3.05) is 0 Å². The largest absolute Gasteiger partial charge is 0.456 e. The lowest BCUT2D eigenvalue weighted by Gasteiger charge is -2.14. The van der Waals surface area contributed by atoms with Crippen LogP contribution in [0.15, 0.2) is 211 Å². The zero-order valence-corrected chi connectivity index (χ0v) is 32.8. The molecular weight excluding hydrogens is 745 g/mol. The quantitative estimate of drug-likeness (QED) is 0.175. The van der Waals surface area contributed by atoms with E-state index in [2.05, 4.69) is 203 Å². The van der Waals surface area contributed by atoms with Crippen LogP contribution in [0.4, 0.5) is 0 Å². The second kappa shape index (κ2) is 13.1. The maximum absolute atomic E-state index is 6.39. The van der Waals surface area contributed by atoms with Crippen molar-refractivity contribution in [2.24, 2.45) is 0 Å². The molecule has 0 spiro atoms. The van der Waals surface area contributed by atoms with Crippen molar-refractivity contribution in [2.45, 2.75) is 0 Å². The second-order valence-electron chi connectivity index (χ2n) is 15.8. The van der Waals surface area contributed by atoms with Crippen molar-refractivity contribution in [3.8, 4) is 45.1 Å². The van der Waals surface area contributed by atoms with E-state index in [1.54, 1.807) is 0 Å². The summed E-state index contributed by atoms with van der Waals surface area (Å²) in [6, 6.07) is 73.2. The molecule has 13 rings (SSSR count). The summed E-state index contributed by atoms with van der Waals surface area (Å²) in [5.41, 5.74) is 14.5. The van der Waals surface area contributed by atoms with Gasteiger partial charge in [0, 0.05) is 49.0 Å². The van der Waals surface area contributed by atoms with E-state index in [4.69, 9.17) is 14.4 Å². The predicted molar refractivity (Wildman–Crippen MR) is 252 cm³/mol. The average molecular weight is 779 g/mol. The van der Waals surface area contributed by atoms with Gasteiger partial charge in [0.15, 0.2) is 0 Å². The summed E-state index contributed by atoms with van der Waals surface area (Å²) in [5, 5.41) is 7.79. The molecule has 13 aromatic rings. The van der Waals surface area contributed by atoms with Crippen molar-refractivity contribution in [3.63, 3.8) is 0 Å². The van der Waals surface area contributed by atoms with E-state index in [1.807, 2.05) is 12.1 Å². The average Bonchev–Trinajstić information content (AvgIpc) is 3.99. The fourth-order valence-corrected chi connectivity index (χ4v) is 9.59. The van der Waals surface area contributed by atoms with E-state index in [-0.39, 0.29) is 0 Å². The molecule has 0 atom stereocenters. The number of hydrogen-bond donors (Lipinski definition) is 0. The summed E-state index contributed by atoms with van der Waals surface area (Å²) >= 11 is 0. The summed E-state index contributed by atoms with van der Waals surface area (Å²) in [6.07, 6.45) is 0. The first kappa shape index (κ1) is 33.7. The van der Waals surface area contributed by atoms with Crippen LogP contribution in [0.25, 0.3) is 122 Å². The first-order valence-electron chi connectivity index (χ1n) is 20.7. The van der Waals surface area contributed by atoms with Gasteiger partial charge in [0.25, 0.3) is 0 Å². The van der Waals surface area contributed by atoms with Gasteiger partial charge in [-0.25, -0.2) is 9.97 Å². The highest BCUT2D eigenvalue weighted by Gasteiger charge is 2.23. The molecule has 0 unspecified atom stereocenters. The van der Waals surface area contributed by atoms with Crippen molar-refractivity contribution in [1.82, 2.24) is 19.1 Å². The molecular formula is C56H34N4O. The molecule has 0 radical (unpaired) electrons. The Bertz CT molecular complexity index is 3820. The minimum absolute atomic E-state index is 0.617. The van der Waals surface area contributed by atoms with Crippen LogP contribution in [0.3, 0.4) is 0 Å². The Balaban J connectivity index is 1.11. The second-order valence-corrected chi connectivity index (χ2v) is 15.8. The first-order chi connectivity index (χ1) is 30.2. The van der Waals surface area contributed by atoms with Gasteiger partial charge >= 0.3 is 0 Å². The highest BCUT2D eigenvalue weighted by Crippen LogP contribution is 2.43. The number of benzene rings is 9. The van der Waals surface area contributed by atoms with Gasteiger partial charge in [-0.2, -0.15) is 0 Å². The standard InChI is InChI=1S/C56H34N4O/c1-3-15-35(16-4-1)38-31-39(36-17-5-2-6-18-36)33-40(32-38)59-49-25-13-9-22-46(49)53-50(59)30-29-44-41-19-8-12-24-48(41)60(55(44)53)56-57-47-23-11-7-21-45(47)54(58-56)37-27-28-43-42-20-10-14-26-51(42)61-52(43)34-37/h1-34H. The Morgan fingerprint density at radius 2 is 0.934 bits per heavy atom. The lowest BCUT2D eigenvalue weighted by molar-refractivity contribution is 0.669. The fourth-order valence-electron chi connectivity index (χ4n) is 9.59. The SMILES string of the molecule is c1ccc(-c2cc(-c3ccccc3)cc(-n3c4ccccc4c4c3ccc3c5ccccc5n(-c5nc(-c6ccc7c(c6)oc6ccccc67)c6ccccc6n5)c34)c2)cc1. The predicted octanol–water partition coefficient (Wildman–Crippen LogP) is 14.7. The Morgan fingerprint density at radius 3 is 1.69 bits per heavy atom. The third-order valence-electron chi connectivity index (χ3n) is 12.3. The van der Waals surface area contributed by atoms with Crippen LogP contribution in [-0.4, -0.2) is 19.1 Å². The van der Waals surface area contributed by atoms with Gasteiger partial charge in [0.05, 0.1) is 33.3 Å². The van der Waals surface area contributed by atoms with E-state index in [0.29, 0.717) is 5.95 Å². The lowest BCUT2D eigenvalue weighted by atomic mass is 9.98. The van der Waals surface area contributed by atoms with Crippen LogP contribution >= 0.6 is 0 Å². The Labute approximate surface area is 350 Å².